The topological polar surface area (TPSA) is 61.4 Å². The van der Waals surface area contributed by atoms with Gasteiger partial charge in [-0.15, -0.1) is 0 Å². The van der Waals surface area contributed by atoms with Gasteiger partial charge in [-0.3, -0.25) is 14.5 Å². The molecular formula is C19H29N3O2. The molecule has 0 saturated heterocycles. The van der Waals surface area contributed by atoms with E-state index in [4.69, 9.17) is 0 Å². The summed E-state index contributed by atoms with van der Waals surface area (Å²) in [6.07, 6.45) is 3.15. The summed E-state index contributed by atoms with van der Waals surface area (Å²) in [5.74, 6) is 0.283. The Hall–Kier alpha value is -1.88. The maximum atomic E-state index is 12.5. The van der Waals surface area contributed by atoms with Crippen molar-refractivity contribution in [3.05, 3.63) is 29.8 Å². The monoisotopic (exact) mass is 331 g/mol. The lowest BCUT2D eigenvalue weighted by molar-refractivity contribution is -0.124. The average Bonchev–Trinajstić information content (AvgIpc) is 3.37. The van der Waals surface area contributed by atoms with Gasteiger partial charge >= 0.3 is 0 Å². The molecular weight excluding hydrogens is 302 g/mol. The zero-order chi connectivity index (χ0) is 17.7. The number of nitrogens with one attached hydrogen (secondary N) is 2. The Kier molecular flexibility index (Phi) is 6.37. The van der Waals surface area contributed by atoms with Gasteiger partial charge in [0, 0.05) is 11.7 Å². The molecule has 0 heterocycles. The van der Waals surface area contributed by atoms with Gasteiger partial charge in [-0.25, -0.2) is 0 Å². The van der Waals surface area contributed by atoms with Crippen molar-refractivity contribution in [3.63, 3.8) is 0 Å². The second kappa shape index (κ2) is 8.29. The third-order valence-corrected chi connectivity index (χ3v) is 4.74. The lowest BCUT2D eigenvalue weighted by Gasteiger charge is -2.24. The molecule has 0 radical (unpaired) electrons. The van der Waals surface area contributed by atoms with Crippen LogP contribution in [-0.2, 0) is 9.59 Å². The summed E-state index contributed by atoms with van der Waals surface area (Å²) in [5, 5.41) is 5.97. The van der Waals surface area contributed by atoms with Crippen LogP contribution in [0.4, 0.5) is 5.69 Å². The van der Waals surface area contributed by atoms with Gasteiger partial charge in [-0.1, -0.05) is 32.0 Å². The minimum Gasteiger partial charge on any atom is -0.352 e. The smallest absolute Gasteiger partial charge is 0.241 e. The van der Waals surface area contributed by atoms with Gasteiger partial charge in [0.25, 0.3) is 0 Å². The summed E-state index contributed by atoms with van der Waals surface area (Å²) in [7, 11) is 1.80. The summed E-state index contributed by atoms with van der Waals surface area (Å²) in [6.45, 7) is 6.35. The number of nitrogens with zero attached hydrogens (tertiary/aromatic N) is 1. The van der Waals surface area contributed by atoms with Gasteiger partial charge < -0.3 is 10.6 Å². The molecule has 2 amide bonds. The van der Waals surface area contributed by atoms with E-state index in [0.717, 1.165) is 30.5 Å². The minimum atomic E-state index is -0.375. The second-order valence-corrected chi connectivity index (χ2v) is 6.82. The van der Waals surface area contributed by atoms with E-state index in [1.165, 1.54) is 0 Å². The largest absolute Gasteiger partial charge is 0.352 e. The Morgan fingerprint density at radius 1 is 1.25 bits per heavy atom. The summed E-state index contributed by atoms with van der Waals surface area (Å²) in [4.78, 5) is 26.2. The number of carbonyl (C=O) groups excluding carboxylic acids is 2. The Balaban J connectivity index is 1.94. The van der Waals surface area contributed by atoms with Crippen molar-refractivity contribution in [3.8, 4) is 0 Å². The normalized spacial score (nSPS) is 16.5. The number of hydrogen-bond acceptors (Lipinski definition) is 3. The first-order valence-corrected chi connectivity index (χ1v) is 8.81. The second-order valence-electron chi connectivity index (χ2n) is 6.82. The van der Waals surface area contributed by atoms with E-state index in [2.05, 4.69) is 30.5 Å². The van der Waals surface area contributed by atoms with Crippen LogP contribution < -0.4 is 10.6 Å². The van der Waals surface area contributed by atoms with Gasteiger partial charge in [0.1, 0.15) is 0 Å². The molecule has 1 saturated carbocycles. The molecule has 2 rings (SSSR count). The SMILES string of the molecule is CC[C@H](C)c1ccccc1NC(=O)[C@@H](C)N(C)CC(=O)NC1CC1. The van der Waals surface area contributed by atoms with E-state index in [1.54, 1.807) is 11.9 Å². The maximum absolute atomic E-state index is 12.5. The minimum absolute atomic E-state index is 0.0142. The number of rotatable bonds is 8. The maximum Gasteiger partial charge on any atom is 0.241 e. The predicted molar refractivity (Wildman–Crippen MR) is 97.0 cm³/mol. The highest BCUT2D eigenvalue weighted by Gasteiger charge is 2.26. The molecule has 24 heavy (non-hydrogen) atoms. The molecule has 132 valence electrons. The van der Waals surface area contributed by atoms with Crippen molar-refractivity contribution < 1.29 is 9.59 Å². The van der Waals surface area contributed by atoms with E-state index in [0.29, 0.717) is 12.0 Å². The molecule has 0 bridgehead atoms. The molecule has 2 N–H and O–H groups in total. The number of anilines is 1. The van der Waals surface area contributed by atoms with Crippen molar-refractivity contribution >= 4 is 17.5 Å². The van der Waals surface area contributed by atoms with Crippen LogP contribution in [0.2, 0.25) is 0 Å². The van der Waals surface area contributed by atoms with Crippen LogP contribution in [0, 0.1) is 0 Å². The third kappa shape index (κ3) is 5.06. The van der Waals surface area contributed by atoms with Gasteiger partial charge in [-0.05, 0) is 50.8 Å². The van der Waals surface area contributed by atoms with Crippen molar-refractivity contribution in [1.82, 2.24) is 10.2 Å². The highest BCUT2D eigenvalue weighted by molar-refractivity contribution is 5.95. The highest BCUT2D eigenvalue weighted by atomic mass is 16.2. The fourth-order valence-electron chi connectivity index (χ4n) is 2.56. The Morgan fingerprint density at radius 3 is 2.54 bits per heavy atom. The van der Waals surface area contributed by atoms with Crippen LogP contribution in [0.5, 0.6) is 0 Å². The molecule has 5 heteroatoms. The number of amides is 2. The summed E-state index contributed by atoms with van der Waals surface area (Å²) in [6, 6.07) is 7.89. The number of hydrogen-bond donors (Lipinski definition) is 2. The first-order chi connectivity index (χ1) is 11.4. The molecule has 1 fully saturated rings. The number of carbonyl (C=O) groups is 2. The van der Waals surface area contributed by atoms with Crippen molar-refractivity contribution in [2.45, 2.75) is 58.0 Å². The molecule has 1 aromatic carbocycles. The zero-order valence-corrected chi connectivity index (χ0v) is 15.1. The van der Waals surface area contributed by atoms with Crippen LogP contribution >= 0.6 is 0 Å². The van der Waals surface area contributed by atoms with Gasteiger partial charge in [-0.2, -0.15) is 0 Å². The van der Waals surface area contributed by atoms with Crippen molar-refractivity contribution in [2.24, 2.45) is 0 Å². The summed E-state index contributed by atoms with van der Waals surface area (Å²) in [5.41, 5.74) is 2.01. The van der Waals surface area contributed by atoms with Crippen LogP contribution in [0.15, 0.2) is 24.3 Å². The predicted octanol–water partition coefficient (Wildman–Crippen LogP) is 2.74. The molecule has 0 aromatic heterocycles. The number of para-hydroxylation sites is 1. The molecule has 1 aliphatic carbocycles. The fourth-order valence-corrected chi connectivity index (χ4v) is 2.56. The number of likely N-dealkylation sites (N-methyl/N-ethyl adjacent to an activating group) is 1. The molecule has 5 nitrogen and oxygen atoms in total. The zero-order valence-electron chi connectivity index (χ0n) is 15.1. The van der Waals surface area contributed by atoms with E-state index < -0.39 is 0 Å². The highest BCUT2D eigenvalue weighted by Crippen LogP contribution is 2.26. The van der Waals surface area contributed by atoms with Crippen LogP contribution in [-0.4, -0.2) is 42.4 Å². The van der Waals surface area contributed by atoms with E-state index in [-0.39, 0.29) is 24.4 Å². The lowest BCUT2D eigenvalue weighted by Crippen LogP contribution is -2.45. The Bertz CT molecular complexity index is 584. The van der Waals surface area contributed by atoms with Crippen molar-refractivity contribution in [1.29, 1.82) is 0 Å². The van der Waals surface area contributed by atoms with Gasteiger partial charge in [0.15, 0.2) is 0 Å². The van der Waals surface area contributed by atoms with Crippen LogP contribution in [0.25, 0.3) is 0 Å². The van der Waals surface area contributed by atoms with Gasteiger partial charge in [0.05, 0.1) is 12.6 Å². The first kappa shape index (κ1) is 18.5. The fraction of sp³-hybridized carbons (Fsp3) is 0.579. The van der Waals surface area contributed by atoms with Crippen molar-refractivity contribution in [2.75, 3.05) is 18.9 Å². The molecule has 0 spiro atoms. The molecule has 0 aliphatic heterocycles. The Morgan fingerprint density at radius 2 is 1.92 bits per heavy atom. The van der Waals surface area contributed by atoms with Crippen LogP contribution in [0.3, 0.4) is 0 Å². The first-order valence-electron chi connectivity index (χ1n) is 8.81. The van der Waals surface area contributed by atoms with Gasteiger partial charge in [0.2, 0.25) is 11.8 Å². The third-order valence-electron chi connectivity index (χ3n) is 4.74. The number of benzene rings is 1. The van der Waals surface area contributed by atoms with E-state index >= 15 is 0 Å². The molecule has 1 aromatic rings. The summed E-state index contributed by atoms with van der Waals surface area (Å²) >= 11 is 0. The molecule has 1 aliphatic rings. The quantitative estimate of drug-likeness (QED) is 0.770. The lowest BCUT2D eigenvalue weighted by atomic mass is 9.97. The summed E-state index contributed by atoms with van der Waals surface area (Å²) < 4.78 is 0. The standard InChI is InChI=1S/C19H29N3O2/c1-5-13(2)16-8-6-7-9-17(16)21-19(24)14(3)22(4)12-18(23)20-15-10-11-15/h6-9,13-15H,5,10-12H2,1-4H3,(H,20,23)(H,21,24)/t13-,14+/m0/s1. The molecule has 0 unspecified atom stereocenters. The van der Waals surface area contributed by atoms with Crippen LogP contribution in [0.1, 0.15) is 51.5 Å². The van der Waals surface area contributed by atoms with E-state index in [9.17, 15) is 9.59 Å². The average molecular weight is 331 g/mol. The Labute approximate surface area is 144 Å². The van der Waals surface area contributed by atoms with E-state index in [1.807, 2.05) is 25.1 Å². The molecule has 2 atom stereocenters.